The van der Waals surface area contributed by atoms with Crippen LogP contribution in [0.3, 0.4) is 0 Å². The summed E-state index contributed by atoms with van der Waals surface area (Å²) in [4.78, 5) is 47.1. The van der Waals surface area contributed by atoms with E-state index in [-0.39, 0.29) is 30.9 Å². The molecule has 0 aliphatic carbocycles. The molecule has 1 aromatic rings. The number of likely N-dealkylation sites (tertiary alicyclic amines) is 1. The smallest absolute Gasteiger partial charge is 0.249 e. The number of benzene rings is 1. The fourth-order valence-electron chi connectivity index (χ4n) is 6.47. The molecule has 0 radical (unpaired) electrons. The molecule has 0 bridgehead atoms. The van der Waals surface area contributed by atoms with Crippen molar-refractivity contribution < 1.29 is 24.2 Å². The molecule has 3 amide bonds. The molecule has 5 atom stereocenters. The lowest BCUT2D eigenvalue weighted by atomic mass is 9.74. The molecule has 36 heavy (non-hydrogen) atoms. The van der Waals surface area contributed by atoms with E-state index in [1.807, 2.05) is 82.3 Å². The number of ether oxygens (including phenoxy) is 1. The van der Waals surface area contributed by atoms with E-state index in [0.29, 0.717) is 19.6 Å². The Bertz CT molecular complexity index is 1130. The van der Waals surface area contributed by atoms with Crippen molar-refractivity contribution in [3.63, 3.8) is 0 Å². The molecular weight excluding hydrogens is 458 g/mol. The van der Waals surface area contributed by atoms with Gasteiger partial charge in [-0.25, -0.2) is 0 Å². The monoisotopic (exact) mass is 493 g/mol. The van der Waals surface area contributed by atoms with Gasteiger partial charge in [0.15, 0.2) is 0 Å². The maximum atomic E-state index is 14.1. The van der Waals surface area contributed by atoms with Crippen molar-refractivity contribution in [2.24, 2.45) is 11.8 Å². The van der Waals surface area contributed by atoms with Crippen molar-refractivity contribution in [2.75, 3.05) is 26.2 Å². The highest BCUT2D eigenvalue weighted by Gasteiger charge is 2.74. The third-order valence-electron chi connectivity index (χ3n) is 8.01. The Morgan fingerprint density at radius 2 is 1.67 bits per heavy atom. The largest absolute Gasteiger partial charge is 0.395 e. The fraction of sp³-hybridized carbons (Fsp3) is 0.536. The summed E-state index contributed by atoms with van der Waals surface area (Å²) in [7, 11) is 0. The highest BCUT2D eigenvalue weighted by molar-refractivity contribution is 6.00. The van der Waals surface area contributed by atoms with E-state index in [1.165, 1.54) is 4.90 Å². The number of fused-ring (bicyclic) bond motifs is 2. The van der Waals surface area contributed by atoms with Gasteiger partial charge >= 0.3 is 0 Å². The minimum absolute atomic E-state index is 0.00384. The molecule has 1 aromatic carbocycles. The fourth-order valence-corrected chi connectivity index (χ4v) is 6.47. The molecule has 0 aromatic heterocycles. The van der Waals surface area contributed by atoms with Crippen molar-refractivity contribution in [2.45, 2.75) is 57.0 Å². The molecule has 2 saturated heterocycles. The van der Waals surface area contributed by atoms with Crippen LogP contribution < -0.4 is 0 Å². The summed E-state index contributed by atoms with van der Waals surface area (Å²) in [5.74, 6) is -2.37. The van der Waals surface area contributed by atoms with Gasteiger partial charge in [0.2, 0.25) is 17.7 Å². The SMILES string of the molecule is CC(C)(C)N1CC=C[C@]23O[C@]4(C)C=CCN(Cc5ccccc5)C(=O)[C@@H]4[C@H]2C(=O)N(CCO)C3C1=O. The number of carbonyl (C=O) groups is 3. The van der Waals surface area contributed by atoms with Gasteiger partial charge < -0.3 is 24.5 Å². The van der Waals surface area contributed by atoms with Gasteiger partial charge in [-0.1, -0.05) is 54.6 Å². The van der Waals surface area contributed by atoms with Gasteiger partial charge in [0.1, 0.15) is 11.6 Å². The maximum Gasteiger partial charge on any atom is 0.249 e. The zero-order valence-electron chi connectivity index (χ0n) is 21.4. The average molecular weight is 494 g/mol. The van der Waals surface area contributed by atoms with E-state index in [0.717, 1.165) is 5.56 Å². The Labute approximate surface area is 212 Å². The number of rotatable bonds is 4. The van der Waals surface area contributed by atoms with Crippen LogP contribution in [0.1, 0.15) is 33.3 Å². The van der Waals surface area contributed by atoms with E-state index in [2.05, 4.69) is 0 Å². The third kappa shape index (κ3) is 3.61. The first kappa shape index (κ1) is 24.7. The number of carbonyl (C=O) groups excluding carboxylic acids is 3. The van der Waals surface area contributed by atoms with E-state index >= 15 is 0 Å². The Morgan fingerprint density at radius 3 is 2.33 bits per heavy atom. The average Bonchev–Trinajstić information content (AvgIpc) is 3.07. The summed E-state index contributed by atoms with van der Waals surface area (Å²) in [6.07, 6.45) is 7.53. The van der Waals surface area contributed by atoms with Gasteiger partial charge in [0, 0.05) is 31.7 Å². The van der Waals surface area contributed by atoms with Gasteiger partial charge in [0.25, 0.3) is 0 Å². The molecule has 0 saturated carbocycles. The van der Waals surface area contributed by atoms with E-state index in [4.69, 9.17) is 4.74 Å². The summed E-state index contributed by atoms with van der Waals surface area (Å²) >= 11 is 0. The molecule has 1 unspecified atom stereocenters. The molecule has 8 heteroatoms. The maximum absolute atomic E-state index is 14.1. The first-order chi connectivity index (χ1) is 17.0. The zero-order chi connectivity index (χ0) is 25.9. The van der Waals surface area contributed by atoms with Gasteiger partial charge in [-0.3, -0.25) is 14.4 Å². The van der Waals surface area contributed by atoms with Gasteiger partial charge in [-0.2, -0.15) is 0 Å². The molecule has 192 valence electrons. The third-order valence-corrected chi connectivity index (χ3v) is 8.01. The van der Waals surface area contributed by atoms with Crippen LogP contribution in [0.15, 0.2) is 54.6 Å². The minimum Gasteiger partial charge on any atom is -0.395 e. The molecule has 1 N–H and O–H groups in total. The predicted octanol–water partition coefficient (Wildman–Crippen LogP) is 1.75. The standard InChI is InChI=1S/C28H35N3O5/c1-26(2,3)31-15-9-13-28-21(24(34)30(16-17-32)22(28)25(31)35)20-23(33)29(14-8-12-27(20,4)36-28)18-19-10-6-5-7-11-19/h5-13,20-22,32H,14-18H2,1-4H3/t20-,21-,22?,27+,28-/m0/s1. The van der Waals surface area contributed by atoms with Crippen LogP contribution in [-0.2, 0) is 25.7 Å². The van der Waals surface area contributed by atoms with Crippen molar-refractivity contribution >= 4 is 17.7 Å². The summed E-state index contributed by atoms with van der Waals surface area (Å²) in [6, 6.07) is 8.80. The molecule has 4 aliphatic rings. The second kappa shape index (κ2) is 8.56. The summed E-state index contributed by atoms with van der Waals surface area (Å²) in [6.45, 7) is 8.63. The number of hydrogen-bond acceptors (Lipinski definition) is 5. The van der Waals surface area contributed by atoms with Crippen LogP contribution in [0, 0.1) is 11.8 Å². The lowest BCUT2D eigenvalue weighted by Crippen LogP contribution is -2.59. The van der Waals surface area contributed by atoms with Gasteiger partial charge in [-0.15, -0.1) is 0 Å². The lowest BCUT2D eigenvalue weighted by Gasteiger charge is -2.41. The summed E-state index contributed by atoms with van der Waals surface area (Å²) in [5.41, 5.74) is -1.82. The quantitative estimate of drug-likeness (QED) is 0.646. The highest BCUT2D eigenvalue weighted by atomic mass is 16.5. The normalized spacial score (nSPS) is 34.0. The number of hydrogen-bond donors (Lipinski definition) is 1. The van der Waals surface area contributed by atoms with Crippen LogP contribution in [0.2, 0.25) is 0 Å². The molecule has 1 spiro atoms. The topological polar surface area (TPSA) is 90.4 Å². The Hall–Kier alpha value is -2.97. The van der Waals surface area contributed by atoms with E-state index < -0.39 is 34.6 Å². The van der Waals surface area contributed by atoms with Gasteiger partial charge in [0.05, 0.1) is 24.0 Å². The molecular formula is C28H35N3O5. The highest BCUT2D eigenvalue weighted by Crippen LogP contribution is 2.57. The second-order valence-electron chi connectivity index (χ2n) is 11.4. The minimum atomic E-state index is -1.29. The molecule has 8 nitrogen and oxygen atoms in total. The lowest BCUT2D eigenvalue weighted by molar-refractivity contribution is -0.155. The molecule has 4 aliphatic heterocycles. The zero-order valence-corrected chi connectivity index (χ0v) is 21.4. The Kier molecular flexibility index (Phi) is 5.87. The number of aliphatic hydroxyl groups is 1. The number of nitrogens with zero attached hydrogens (tertiary/aromatic N) is 3. The summed E-state index contributed by atoms with van der Waals surface area (Å²) in [5, 5.41) is 9.80. The van der Waals surface area contributed by atoms with Crippen LogP contribution in [0.25, 0.3) is 0 Å². The van der Waals surface area contributed by atoms with Crippen molar-refractivity contribution in [3.05, 3.63) is 60.2 Å². The molecule has 5 rings (SSSR count). The van der Waals surface area contributed by atoms with E-state index in [9.17, 15) is 19.5 Å². The van der Waals surface area contributed by atoms with Crippen LogP contribution in [0.4, 0.5) is 0 Å². The van der Waals surface area contributed by atoms with Crippen molar-refractivity contribution in [1.29, 1.82) is 0 Å². The number of β-amino-alcohol motifs (C(OH)–C–C–N with tert-alkyl or cyclic N) is 1. The second-order valence-corrected chi connectivity index (χ2v) is 11.4. The predicted molar refractivity (Wildman–Crippen MR) is 133 cm³/mol. The molecule has 4 heterocycles. The van der Waals surface area contributed by atoms with Crippen LogP contribution >= 0.6 is 0 Å². The number of amides is 3. The van der Waals surface area contributed by atoms with Crippen LogP contribution in [0.5, 0.6) is 0 Å². The van der Waals surface area contributed by atoms with E-state index in [1.54, 1.807) is 9.80 Å². The summed E-state index contributed by atoms with van der Waals surface area (Å²) < 4.78 is 6.76. The first-order valence-corrected chi connectivity index (χ1v) is 12.6. The first-order valence-electron chi connectivity index (χ1n) is 12.6. The van der Waals surface area contributed by atoms with Crippen molar-refractivity contribution in [3.8, 4) is 0 Å². The Balaban J connectivity index is 1.60. The number of aliphatic hydroxyl groups excluding tert-OH is 1. The van der Waals surface area contributed by atoms with Gasteiger partial charge in [-0.05, 0) is 33.3 Å². The van der Waals surface area contributed by atoms with Crippen molar-refractivity contribution in [1.82, 2.24) is 14.7 Å². The van der Waals surface area contributed by atoms with Crippen LogP contribution in [-0.4, -0.2) is 86.6 Å². The molecule has 2 fully saturated rings. The Morgan fingerprint density at radius 1 is 0.972 bits per heavy atom.